The molecular formula is C22H19F5N2O4. The van der Waals surface area contributed by atoms with Gasteiger partial charge in [-0.1, -0.05) is 6.07 Å². The number of methoxy groups -OCH3 is 1. The molecule has 2 aromatic heterocycles. The van der Waals surface area contributed by atoms with Crippen LogP contribution in [-0.4, -0.2) is 30.5 Å². The summed E-state index contributed by atoms with van der Waals surface area (Å²) in [7, 11) is 1.09. The number of aromatic nitrogens is 2. The van der Waals surface area contributed by atoms with Crippen molar-refractivity contribution in [2.45, 2.75) is 37.0 Å². The second-order valence-corrected chi connectivity index (χ2v) is 8.16. The summed E-state index contributed by atoms with van der Waals surface area (Å²) < 4.78 is 80.3. The number of H-pyrrole nitrogens is 1. The maximum Gasteiger partial charge on any atom is 0.417 e. The van der Waals surface area contributed by atoms with Gasteiger partial charge in [-0.05, 0) is 19.4 Å². The quantitative estimate of drug-likeness (QED) is 0.356. The van der Waals surface area contributed by atoms with Crippen molar-refractivity contribution < 1.29 is 36.2 Å². The van der Waals surface area contributed by atoms with Crippen molar-refractivity contribution in [1.82, 2.24) is 4.98 Å². The molecule has 0 aliphatic carbocycles. The van der Waals surface area contributed by atoms with E-state index in [-0.39, 0.29) is 16.6 Å². The molecule has 1 N–H and O–H groups in total. The number of alkyl halides is 3. The molecular weight excluding hydrogens is 451 g/mol. The van der Waals surface area contributed by atoms with Crippen molar-refractivity contribution in [2.24, 2.45) is 0 Å². The minimum Gasteiger partial charge on any atom is -0.619 e. The highest BCUT2D eigenvalue weighted by atomic mass is 19.4. The topological polar surface area (TPSA) is 78.3 Å². The standard InChI is InChI=1S/C22H19F5N2O4/c1-21(22(25,26)27)8-12(11-3-4-15(23)19(24)20(11)32-2)14(10-33-21)17-7-18(30)13-9-29(31)6-5-16(13)28-17/h3-7,9,12,14H,8,10H2,1-2H3,(H,28,30)/t12-,14+,21+/m0/s1. The number of nitrogens with zero attached hydrogens (tertiary/aromatic N) is 1. The van der Waals surface area contributed by atoms with Crippen molar-refractivity contribution in [3.8, 4) is 5.75 Å². The predicted molar refractivity (Wildman–Crippen MR) is 107 cm³/mol. The Hall–Kier alpha value is -3.21. The summed E-state index contributed by atoms with van der Waals surface area (Å²) in [5, 5.41) is 11.6. The van der Waals surface area contributed by atoms with E-state index in [1.807, 2.05) is 0 Å². The largest absolute Gasteiger partial charge is 0.619 e. The molecule has 176 valence electrons. The molecule has 0 radical (unpaired) electrons. The Balaban J connectivity index is 1.89. The molecule has 4 rings (SSSR count). The van der Waals surface area contributed by atoms with Gasteiger partial charge in [0.25, 0.3) is 0 Å². The molecule has 1 aliphatic heterocycles. The number of halogens is 5. The van der Waals surface area contributed by atoms with Crippen LogP contribution in [-0.2, 0) is 4.74 Å². The van der Waals surface area contributed by atoms with Crippen LogP contribution < -0.4 is 14.9 Å². The van der Waals surface area contributed by atoms with Crippen molar-refractivity contribution >= 4 is 10.9 Å². The van der Waals surface area contributed by atoms with Crippen LogP contribution in [0, 0.1) is 16.8 Å². The van der Waals surface area contributed by atoms with Gasteiger partial charge in [0.15, 0.2) is 35.0 Å². The summed E-state index contributed by atoms with van der Waals surface area (Å²) in [6.45, 7) is 0.428. The number of fused-ring (bicyclic) bond motifs is 1. The molecule has 1 saturated heterocycles. The molecule has 1 fully saturated rings. The van der Waals surface area contributed by atoms with Crippen molar-refractivity contribution in [3.05, 3.63) is 75.0 Å². The van der Waals surface area contributed by atoms with E-state index in [2.05, 4.69) is 4.98 Å². The fraction of sp³-hybridized carbons (Fsp3) is 0.364. The van der Waals surface area contributed by atoms with Crippen LogP contribution in [0.1, 0.15) is 36.4 Å². The Morgan fingerprint density at radius 1 is 1.24 bits per heavy atom. The molecule has 3 heterocycles. The predicted octanol–water partition coefficient (Wildman–Crippen LogP) is 4.06. The lowest BCUT2D eigenvalue weighted by atomic mass is 9.74. The fourth-order valence-corrected chi connectivity index (χ4v) is 4.28. The highest BCUT2D eigenvalue weighted by Gasteiger charge is 2.57. The fourth-order valence-electron chi connectivity index (χ4n) is 4.28. The van der Waals surface area contributed by atoms with Gasteiger partial charge in [0.1, 0.15) is 5.39 Å². The summed E-state index contributed by atoms with van der Waals surface area (Å²) in [5.41, 5.74) is -2.53. The summed E-state index contributed by atoms with van der Waals surface area (Å²) in [5.74, 6) is -4.93. The van der Waals surface area contributed by atoms with Crippen molar-refractivity contribution in [2.75, 3.05) is 13.7 Å². The smallest absolute Gasteiger partial charge is 0.417 e. The highest BCUT2D eigenvalue weighted by Crippen LogP contribution is 2.51. The summed E-state index contributed by atoms with van der Waals surface area (Å²) in [6, 6.07) is 4.53. The summed E-state index contributed by atoms with van der Waals surface area (Å²) in [4.78, 5) is 15.6. The molecule has 0 bridgehead atoms. The zero-order chi connectivity index (χ0) is 24.1. The first-order valence-electron chi connectivity index (χ1n) is 9.93. The zero-order valence-electron chi connectivity index (χ0n) is 17.5. The molecule has 1 aromatic carbocycles. The van der Waals surface area contributed by atoms with Gasteiger partial charge >= 0.3 is 6.18 Å². The Bertz CT molecular complexity index is 1280. The first kappa shape index (κ1) is 23.0. The molecule has 33 heavy (non-hydrogen) atoms. The first-order valence-corrected chi connectivity index (χ1v) is 9.93. The molecule has 1 aliphatic rings. The van der Waals surface area contributed by atoms with Crippen LogP contribution in [0.15, 0.2) is 41.5 Å². The number of hydrogen-bond acceptors (Lipinski definition) is 4. The van der Waals surface area contributed by atoms with Crippen LogP contribution in [0.5, 0.6) is 5.75 Å². The number of hydrogen-bond donors (Lipinski definition) is 1. The zero-order valence-corrected chi connectivity index (χ0v) is 17.5. The minimum atomic E-state index is -4.74. The lowest BCUT2D eigenvalue weighted by molar-refractivity contribution is -0.603. The van der Waals surface area contributed by atoms with Gasteiger partial charge in [0.05, 0.1) is 19.2 Å². The molecule has 3 atom stereocenters. The SMILES string of the molecule is COc1c([C@@H]2C[C@](C)(C(F)(F)F)OC[C@H]2c2cc(=O)c3c[n+]([O-])ccc3[nH]2)ccc(F)c1F. The number of rotatable bonds is 3. The average Bonchev–Trinajstić information content (AvgIpc) is 2.75. The van der Waals surface area contributed by atoms with Gasteiger partial charge in [-0.25, -0.2) is 4.39 Å². The van der Waals surface area contributed by atoms with Gasteiger partial charge in [-0.15, -0.1) is 0 Å². The van der Waals surface area contributed by atoms with E-state index in [1.54, 1.807) is 0 Å². The highest BCUT2D eigenvalue weighted by molar-refractivity contribution is 5.76. The van der Waals surface area contributed by atoms with E-state index in [0.717, 1.165) is 32.5 Å². The van der Waals surface area contributed by atoms with Crippen molar-refractivity contribution in [1.29, 1.82) is 0 Å². The normalized spacial score (nSPS) is 23.6. The third kappa shape index (κ3) is 3.90. The molecule has 6 nitrogen and oxygen atoms in total. The number of nitrogens with one attached hydrogen (secondary N) is 1. The minimum absolute atomic E-state index is 0.0200. The second kappa shape index (κ2) is 7.98. The van der Waals surface area contributed by atoms with Gasteiger partial charge in [0.2, 0.25) is 5.82 Å². The Labute approximate surface area is 184 Å². The number of ether oxygens (including phenoxy) is 2. The lowest BCUT2D eigenvalue weighted by Crippen LogP contribution is -2.51. The molecule has 11 heteroatoms. The van der Waals surface area contributed by atoms with Crippen LogP contribution in [0.2, 0.25) is 0 Å². The second-order valence-electron chi connectivity index (χ2n) is 8.16. The molecule has 3 aromatic rings. The third-order valence-corrected chi connectivity index (χ3v) is 6.13. The van der Waals surface area contributed by atoms with Crippen LogP contribution in [0.4, 0.5) is 22.0 Å². The van der Waals surface area contributed by atoms with Gasteiger partial charge in [-0.2, -0.15) is 22.3 Å². The molecule has 0 unspecified atom stereocenters. The number of benzene rings is 1. The Morgan fingerprint density at radius 3 is 2.64 bits per heavy atom. The summed E-state index contributed by atoms with van der Waals surface area (Å²) in [6.07, 6.45) is -3.12. The van der Waals surface area contributed by atoms with Crippen LogP contribution in [0.3, 0.4) is 0 Å². The van der Waals surface area contributed by atoms with E-state index in [4.69, 9.17) is 9.47 Å². The van der Waals surface area contributed by atoms with Gasteiger partial charge in [-0.3, -0.25) is 4.79 Å². The first-order chi connectivity index (χ1) is 15.4. The third-order valence-electron chi connectivity index (χ3n) is 6.13. The summed E-state index contributed by atoms with van der Waals surface area (Å²) >= 11 is 0. The maximum absolute atomic E-state index is 14.4. The van der Waals surface area contributed by atoms with Crippen molar-refractivity contribution in [3.63, 3.8) is 0 Å². The lowest BCUT2D eigenvalue weighted by Gasteiger charge is -2.44. The van der Waals surface area contributed by atoms with E-state index in [0.29, 0.717) is 10.2 Å². The van der Waals surface area contributed by atoms with Crippen LogP contribution in [0.25, 0.3) is 10.9 Å². The van der Waals surface area contributed by atoms with E-state index in [1.165, 1.54) is 18.2 Å². The van der Waals surface area contributed by atoms with Gasteiger partial charge < -0.3 is 19.7 Å². The van der Waals surface area contributed by atoms with E-state index in [9.17, 15) is 32.0 Å². The monoisotopic (exact) mass is 470 g/mol. The number of aromatic amines is 1. The van der Waals surface area contributed by atoms with E-state index >= 15 is 0 Å². The average molecular weight is 470 g/mol. The Kier molecular flexibility index (Phi) is 5.55. The maximum atomic E-state index is 14.4. The molecule has 0 amide bonds. The van der Waals surface area contributed by atoms with Crippen LogP contribution >= 0.6 is 0 Å². The van der Waals surface area contributed by atoms with E-state index < -0.39 is 59.5 Å². The van der Waals surface area contributed by atoms with Gasteiger partial charge in [0, 0.05) is 35.2 Å². The number of pyridine rings is 2. The molecule has 0 saturated carbocycles. The Morgan fingerprint density at radius 2 is 1.97 bits per heavy atom. The molecule has 0 spiro atoms.